The summed E-state index contributed by atoms with van der Waals surface area (Å²) in [4.78, 5) is 4.03. The highest BCUT2D eigenvalue weighted by Gasteiger charge is 2.41. The van der Waals surface area contributed by atoms with Gasteiger partial charge in [-0.25, -0.2) is 4.98 Å². The maximum absolute atomic E-state index is 9.44. The van der Waals surface area contributed by atoms with E-state index in [-0.39, 0.29) is 17.6 Å². The lowest BCUT2D eigenvalue weighted by Gasteiger charge is -2.29. The van der Waals surface area contributed by atoms with Crippen LogP contribution in [0.1, 0.15) is 24.2 Å². The molecule has 0 radical (unpaired) electrons. The summed E-state index contributed by atoms with van der Waals surface area (Å²) in [7, 11) is 2.02. The molecule has 2 aromatic rings. The number of aliphatic hydroxyl groups excluding tert-OH is 1. The number of aromatic nitrogens is 2. The number of aliphatic hydroxyl groups is 1. The number of ether oxygens (including phenoxy) is 1. The second-order valence-corrected chi connectivity index (χ2v) is 8.00. The molecule has 1 aliphatic rings. The molecule has 1 N–H and O–H groups in total. The van der Waals surface area contributed by atoms with E-state index in [4.69, 9.17) is 4.74 Å². The number of halogens is 1. The Morgan fingerprint density at radius 2 is 2.22 bits per heavy atom. The van der Waals surface area contributed by atoms with Crippen LogP contribution in [0.5, 0.6) is 0 Å². The lowest BCUT2D eigenvalue weighted by molar-refractivity contribution is -0.0395. The SMILES string of the molecule is Cn1ccnc1CCC[C@@]1(c2ccc(Br)cc2)O[C@@H](CO)CS1. The molecule has 1 saturated heterocycles. The molecule has 2 atom stereocenters. The zero-order valence-corrected chi connectivity index (χ0v) is 15.5. The zero-order valence-electron chi connectivity index (χ0n) is 13.1. The first-order valence-electron chi connectivity index (χ1n) is 7.78. The standard InChI is InChI=1S/C17H21BrN2O2S/c1-20-10-9-19-16(20)3-2-8-17(22-15(11-21)12-23-17)13-4-6-14(18)7-5-13/h4-7,9-10,15,21H,2-3,8,11-12H2,1H3/t15-,17+/m0/s1. The maximum atomic E-state index is 9.44. The van der Waals surface area contributed by atoms with Crippen LogP contribution in [0.25, 0.3) is 0 Å². The van der Waals surface area contributed by atoms with Crippen molar-refractivity contribution in [3.8, 4) is 0 Å². The molecule has 0 amide bonds. The van der Waals surface area contributed by atoms with E-state index >= 15 is 0 Å². The van der Waals surface area contributed by atoms with Crippen LogP contribution < -0.4 is 0 Å². The topological polar surface area (TPSA) is 47.3 Å². The fourth-order valence-electron chi connectivity index (χ4n) is 2.90. The van der Waals surface area contributed by atoms with E-state index in [1.165, 1.54) is 5.56 Å². The van der Waals surface area contributed by atoms with Gasteiger partial charge < -0.3 is 14.4 Å². The van der Waals surface area contributed by atoms with Crippen LogP contribution in [0.2, 0.25) is 0 Å². The Hall–Kier alpha value is -0.820. The molecule has 4 nitrogen and oxygen atoms in total. The van der Waals surface area contributed by atoms with Crippen molar-refractivity contribution in [3.63, 3.8) is 0 Å². The van der Waals surface area contributed by atoms with Crippen molar-refractivity contribution >= 4 is 27.7 Å². The smallest absolute Gasteiger partial charge is 0.139 e. The Morgan fingerprint density at radius 1 is 1.43 bits per heavy atom. The number of hydrogen-bond donors (Lipinski definition) is 1. The lowest BCUT2D eigenvalue weighted by Crippen LogP contribution is -2.26. The molecular formula is C17H21BrN2O2S. The van der Waals surface area contributed by atoms with Crippen molar-refractivity contribution in [2.75, 3.05) is 12.4 Å². The highest BCUT2D eigenvalue weighted by atomic mass is 79.9. The molecular weight excluding hydrogens is 376 g/mol. The van der Waals surface area contributed by atoms with Crippen LogP contribution in [0.4, 0.5) is 0 Å². The molecule has 0 spiro atoms. The minimum absolute atomic E-state index is 0.0741. The summed E-state index contributed by atoms with van der Waals surface area (Å²) >= 11 is 5.28. The number of hydrogen-bond acceptors (Lipinski definition) is 4. The largest absolute Gasteiger partial charge is 0.394 e. The minimum atomic E-state index is -0.362. The molecule has 124 valence electrons. The second-order valence-electron chi connectivity index (χ2n) is 5.80. The van der Waals surface area contributed by atoms with Crippen molar-refractivity contribution in [1.29, 1.82) is 0 Å². The normalized spacial score (nSPS) is 24.2. The molecule has 0 saturated carbocycles. The van der Waals surface area contributed by atoms with E-state index in [1.807, 2.05) is 31.6 Å². The number of nitrogens with zero attached hydrogens (tertiary/aromatic N) is 2. The minimum Gasteiger partial charge on any atom is -0.394 e. The monoisotopic (exact) mass is 396 g/mol. The van der Waals surface area contributed by atoms with Gasteiger partial charge in [0.05, 0.1) is 12.7 Å². The first-order valence-corrected chi connectivity index (χ1v) is 9.56. The predicted molar refractivity (Wildman–Crippen MR) is 96.4 cm³/mol. The van der Waals surface area contributed by atoms with Gasteiger partial charge in [-0.15, -0.1) is 11.8 Å². The lowest BCUT2D eigenvalue weighted by atomic mass is 10.0. The molecule has 1 aliphatic heterocycles. The van der Waals surface area contributed by atoms with Gasteiger partial charge in [0.15, 0.2) is 0 Å². The van der Waals surface area contributed by atoms with Gasteiger partial charge in [0.1, 0.15) is 10.8 Å². The summed E-state index contributed by atoms with van der Waals surface area (Å²) in [6, 6.07) is 8.31. The van der Waals surface area contributed by atoms with Crippen LogP contribution in [0.3, 0.4) is 0 Å². The summed E-state index contributed by atoms with van der Waals surface area (Å²) in [6.07, 6.45) is 6.55. The Morgan fingerprint density at radius 3 is 2.83 bits per heavy atom. The van der Waals surface area contributed by atoms with Crippen molar-refractivity contribution in [1.82, 2.24) is 9.55 Å². The van der Waals surface area contributed by atoms with Gasteiger partial charge in [-0.05, 0) is 30.5 Å². The third-order valence-corrected chi connectivity index (χ3v) is 6.24. The number of imidazole rings is 1. The number of benzene rings is 1. The fourth-order valence-corrected chi connectivity index (χ4v) is 4.59. The van der Waals surface area contributed by atoms with Crippen molar-refractivity contribution in [2.24, 2.45) is 7.05 Å². The molecule has 2 heterocycles. The fraction of sp³-hybridized carbons (Fsp3) is 0.471. The van der Waals surface area contributed by atoms with Crippen LogP contribution in [-0.4, -0.2) is 33.1 Å². The van der Waals surface area contributed by atoms with Crippen molar-refractivity contribution < 1.29 is 9.84 Å². The molecule has 0 bridgehead atoms. The van der Waals surface area contributed by atoms with Gasteiger partial charge in [-0.3, -0.25) is 0 Å². The number of aryl methyl sites for hydroxylation is 2. The zero-order chi connectivity index (χ0) is 16.3. The van der Waals surface area contributed by atoms with Gasteiger partial charge in [0.2, 0.25) is 0 Å². The molecule has 23 heavy (non-hydrogen) atoms. The van der Waals surface area contributed by atoms with Gasteiger partial charge >= 0.3 is 0 Å². The first-order chi connectivity index (χ1) is 11.1. The number of rotatable bonds is 6. The third-order valence-electron chi connectivity index (χ3n) is 4.17. The van der Waals surface area contributed by atoms with Crippen LogP contribution in [0, 0.1) is 0 Å². The second kappa shape index (κ2) is 7.38. The van der Waals surface area contributed by atoms with E-state index in [9.17, 15) is 5.11 Å². The van der Waals surface area contributed by atoms with Gasteiger partial charge in [0.25, 0.3) is 0 Å². The van der Waals surface area contributed by atoms with Crippen molar-refractivity contribution in [3.05, 3.63) is 52.5 Å². The summed E-state index contributed by atoms with van der Waals surface area (Å²) in [6.45, 7) is 0.0741. The Bertz CT molecular complexity index is 646. The molecule has 0 unspecified atom stereocenters. The van der Waals surface area contributed by atoms with Crippen molar-refractivity contribution in [2.45, 2.75) is 30.3 Å². The first kappa shape index (κ1) is 17.0. The Balaban J connectivity index is 1.73. The van der Waals surface area contributed by atoms with E-state index in [0.29, 0.717) is 0 Å². The Labute approximate surface area is 149 Å². The molecule has 1 aromatic heterocycles. The van der Waals surface area contributed by atoms with E-state index in [1.54, 1.807) is 11.8 Å². The summed E-state index contributed by atoms with van der Waals surface area (Å²) in [5.74, 6) is 1.92. The summed E-state index contributed by atoms with van der Waals surface area (Å²) in [5.41, 5.74) is 1.17. The number of thioether (sulfide) groups is 1. The third kappa shape index (κ3) is 3.82. The van der Waals surface area contributed by atoms with Gasteiger partial charge in [-0.1, -0.05) is 28.1 Å². The quantitative estimate of drug-likeness (QED) is 0.811. The van der Waals surface area contributed by atoms with Crippen LogP contribution in [0.15, 0.2) is 41.1 Å². The van der Waals surface area contributed by atoms with Gasteiger partial charge in [-0.2, -0.15) is 0 Å². The maximum Gasteiger partial charge on any atom is 0.139 e. The average molecular weight is 397 g/mol. The predicted octanol–water partition coefficient (Wildman–Crippen LogP) is 3.48. The Kier molecular flexibility index (Phi) is 5.46. The molecule has 6 heteroatoms. The van der Waals surface area contributed by atoms with E-state index in [2.05, 4.69) is 37.6 Å². The van der Waals surface area contributed by atoms with Crippen LogP contribution >= 0.6 is 27.7 Å². The summed E-state index contributed by atoms with van der Waals surface area (Å²) < 4.78 is 9.37. The molecule has 3 rings (SSSR count). The highest BCUT2D eigenvalue weighted by molar-refractivity contribution is 9.10. The van der Waals surface area contributed by atoms with Crippen LogP contribution in [-0.2, 0) is 23.1 Å². The molecule has 1 fully saturated rings. The van der Waals surface area contributed by atoms with Gasteiger partial charge in [0, 0.05) is 36.1 Å². The average Bonchev–Trinajstić information content (AvgIpc) is 3.16. The highest BCUT2D eigenvalue weighted by Crippen LogP contribution is 2.48. The van der Waals surface area contributed by atoms with E-state index in [0.717, 1.165) is 35.3 Å². The summed E-state index contributed by atoms with van der Waals surface area (Å²) in [5, 5.41) is 9.44. The molecule has 0 aliphatic carbocycles. The van der Waals surface area contributed by atoms with E-state index < -0.39 is 0 Å². The molecule has 1 aromatic carbocycles.